The maximum Gasteiger partial charge on any atom is 0.188 e. The van der Waals surface area contributed by atoms with Crippen molar-refractivity contribution < 1.29 is 4.79 Å². The van der Waals surface area contributed by atoms with Gasteiger partial charge in [0.1, 0.15) is 0 Å². The first kappa shape index (κ1) is 11.9. The molecule has 0 radical (unpaired) electrons. The van der Waals surface area contributed by atoms with Gasteiger partial charge in [-0.3, -0.25) is 4.79 Å². The molecule has 2 nitrogen and oxygen atoms in total. The molecule has 0 saturated carbocycles. The first-order chi connectivity index (χ1) is 7.68. The molecule has 1 N–H and O–H groups in total. The average Bonchev–Trinajstić information content (AvgIpc) is 2.33. The normalized spacial score (nSPS) is 29.6. The standard InChI is InChI=1S/C12H13Cl2NO/c13-10-2-1-9(7-11(10)14)12(16)8-3-5-15-6-4-8/h1-3,7,10-11,15H,4-6H2. The first-order valence-corrected chi connectivity index (χ1v) is 6.18. The Balaban J connectivity index is 2.14. The molecule has 0 aromatic rings. The molecule has 1 aliphatic carbocycles. The third-order valence-corrected chi connectivity index (χ3v) is 3.66. The third kappa shape index (κ3) is 2.57. The van der Waals surface area contributed by atoms with E-state index in [4.69, 9.17) is 23.2 Å². The van der Waals surface area contributed by atoms with Crippen molar-refractivity contribution in [1.29, 1.82) is 0 Å². The van der Waals surface area contributed by atoms with E-state index in [1.54, 1.807) is 18.2 Å². The molecule has 1 heterocycles. The van der Waals surface area contributed by atoms with Gasteiger partial charge in [-0.2, -0.15) is 0 Å². The number of allylic oxidation sites excluding steroid dienone is 4. The Morgan fingerprint density at radius 2 is 2.19 bits per heavy atom. The van der Waals surface area contributed by atoms with E-state index in [0.29, 0.717) is 5.57 Å². The van der Waals surface area contributed by atoms with Gasteiger partial charge in [0.2, 0.25) is 0 Å². The number of ketones is 1. The number of carbonyl (C=O) groups is 1. The number of carbonyl (C=O) groups excluding carboxylic acids is 1. The largest absolute Gasteiger partial charge is 0.313 e. The van der Waals surface area contributed by atoms with Crippen LogP contribution in [0.1, 0.15) is 6.42 Å². The molecule has 2 aliphatic rings. The van der Waals surface area contributed by atoms with Gasteiger partial charge in [-0.05, 0) is 18.5 Å². The number of Topliss-reactive ketones (excluding diaryl/α,β-unsaturated/α-hetero) is 1. The lowest BCUT2D eigenvalue weighted by Crippen LogP contribution is -2.25. The Hall–Kier alpha value is -0.570. The van der Waals surface area contributed by atoms with Crippen molar-refractivity contribution in [2.75, 3.05) is 13.1 Å². The highest BCUT2D eigenvalue weighted by Gasteiger charge is 2.21. The molecule has 0 aromatic carbocycles. The summed E-state index contributed by atoms with van der Waals surface area (Å²) in [5, 5.41) is 2.65. The predicted octanol–water partition coefficient (Wildman–Crippen LogP) is 2.19. The summed E-state index contributed by atoms with van der Waals surface area (Å²) in [7, 11) is 0. The fraction of sp³-hybridized carbons (Fsp3) is 0.417. The van der Waals surface area contributed by atoms with Gasteiger partial charge >= 0.3 is 0 Å². The van der Waals surface area contributed by atoms with Crippen LogP contribution in [0.5, 0.6) is 0 Å². The molecule has 0 saturated heterocycles. The van der Waals surface area contributed by atoms with Crippen LogP contribution >= 0.6 is 23.2 Å². The number of rotatable bonds is 2. The Morgan fingerprint density at radius 1 is 1.38 bits per heavy atom. The van der Waals surface area contributed by atoms with Crippen LogP contribution in [0.4, 0.5) is 0 Å². The van der Waals surface area contributed by atoms with Crippen molar-refractivity contribution in [3.63, 3.8) is 0 Å². The van der Waals surface area contributed by atoms with Gasteiger partial charge in [-0.15, -0.1) is 23.2 Å². The van der Waals surface area contributed by atoms with E-state index in [9.17, 15) is 4.79 Å². The lowest BCUT2D eigenvalue weighted by atomic mass is 9.95. The van der Waals surface area contributed by atoms with E-state index in [1.807, 2.05) is 6.08 Å². The van der Waals surface area contributed by atoms with E-state index in [2.05, 4.69) is 5.32 Å². The highest BCUT2D eigenvalue weighted by atomic mass is 35.5. The number of alkyl halides is 2. The molecule has 4 heteroatoms. The summed E-state index contributed by atoms with van der Waals surface area (Å²) in [4.78, 5) is 12.1. The fourth-order valence-electron chi connectivity index (χ4n) is 1.79. The number of nitrogens with one attached hydrogen (secondary N) is 1. The van der Waals surface area contributed by atoms with Crippen molar-refractivity contribution in [1.82, 2.24) is 5.32 Å². The van der Waals surface area contributed by atoms with Gasteiger partial charge in [-0.25, -0.2) is 0 Å². The topological polar surface area (TPSA) is 29.1 Å². The van der Waals surface area contributed by atoms with Gasteiger partial charge in [0.05, 0.1) is 10.8 Å². The Morgan fingerprint density at radius 3 is 2.81 bits per heavy atom. The molecule has 2 rings (SSSR count). The van der Waals surface area contributed by atoms with Crippen molar-refractivity contribution >= 4 is 29.0 Å². The predicted molar refractivity (Wildman–Crippen MR) is 67.1 cm³/mol. The van der Waals surface area contributed by atoms with Crippen molar-refractivity contribution in [3.05, 3.63) is 35.5 Å². The molecule has 86 valence electrons. The van der Waals surface area contributed by atoms with Crippen LogP contribution < -0.4 is 5.32 Å². The summed E-state index contributed by atoms with van der Waals surface area (Å²) in [6.07, 6.45) is 8.00. The summed E-state index contributed by atoms with van der Waals surface area (Å²) in [6.45, 7) is 1.62. The molecule has 0 spiro atoms. The molecule has 2 unspecified atom stereocenters. The van der Waals surface area contributed by atoms with Crippen LogP contribution in [-0.2, 0) is 4.79 Å². The Bertz CT molecular complexity index is 384. The molecule has 0 amide bonds. The monoisotopic (exact) mass is 257 g/mol. The van der Waals surface area contributed by atoms with Crippen LogP contribution in [0.3, 0.4) is 0 Å². The summed E-state index contributed by atoms with van der Waals surface area (Å²) in [5.74, 6) is 0.0759. The number of hydrogen-bond acceptors (Lipinski definition) is 2. The van der Waals surface area contributed by atoms with E-state index in [1.165, 1.54) is 0 Å². The lowest BCUT2D eigenvalue weighted by molar-refractivity contribution is -0.112. The molecule has 16 heavy (non-hydrogen) atoms. The smallest absolute Gasteiger partial charge is 0.188 e. The maximum absolute atomic E-state index is 12.1. The molecular formula is C12H13Cl2NO. The quantitative estimate of drug-likeness (QED) is 0.769. The van der Waals surface area contributed by atoms with E-state index in [-0.39, 0.29) is 16.5 Å². The fourth-order valence-corrected chi connectivity index (χ4v) is 2.15. The minimum Gasteiger partial charge on any atom is -0.313 e. The van der Waals surface area contributed by atoms with Crippen molar-refractivity contribution in [2.45, 2.75) is 17.2 Å². The molecule has 2 atom stereocenters. The SMILES string of the molecule is O=C(C1=CC(Cl)C(Cl)C=C1)C1=CCNCC1. The summed E-state index contributed by atoms with van der Waals surface area (Å²) >= 11 is 11.9. The molecule has 0 aromatic heterocycles. The van der Waals surface area contributed by atoms with E-state index < -0.39 is 0 Å². The second-order valence-corrected chi connectivity index (χ2v) is 4.89. The van der Waals surface area contributed by atoms with Gasteiger partial charge < -0.3 is 5.32 Å². The average molecular weight is 258 g/mol. The lowest BCUT2D eigenvalue weighted by Gasteiger charge is -2.18. The van der Waals surface area contributed by atoms with Gasteiger partial charge in [0, 0.05) is 12.1 Å². The van der Waals surface area contributed by atoms with Crippen molar-refractivity contribution in [3.8, 4) is 0 Å². The molecule has 0 fully saturated rings. The summed E-state index contributed by atoms with van der Waals surface area (Å²) < 4.78 is 0. The maximum atomic E-state index is 12.1. The molecular weight excluding hydrogens is 245 g/mol. The van der Waals surface area contributed by atoms with Gasteiger partial charge in [-0.1, -0.05) is 24.3 Å². The highest BCUT2D eigenvalue weighted by Crippen LogP contribution is 2.23. The minimum absolute atomic E-state index is 0.0759. The van der Waals surface area contributed by atoms with Gasteiger partial charge in [0.25, 0.3) is 0 Å². The Kier molecular flexibility index (Phi) is 3.85. The zero-order chi connectivity index (χ0) is 11.5. The molecule has 0 bridgehead atoms. The zero-order valence-electron chi connectivity index (χ0n) is 8.75. The van der Waals surface area contributed by atoms with Crippen LogP contribution in [0, 0.1) is 0 Å². The van der Waals surface area contributed by atoms with E-state index in [0.717, 1.165) is 25.1 Å². The van der Waals surface area contributed by atoms with Crippen LogP contribution in [0.25, 0.3) is 0 Å². The zero-order valence-corrected chi connectivity index (χ0v) is 10.3. The van der Waals surface area contributed by atoms with Crippen molar-refractivity contribution in [2.24, 2.45) is 0 Å². The van der Waals surface area contributed by atoms with Crippen LogP contribution in [0.2, 0.25) is 0 Å². The minimum atomic E-state index is -0.298. The number of hydrogen-bond donors (Lipinski definition) is 1. The number of halogens is 2. The summed E-state index contributed by atoms with van der Waals surface area (Å²) in [5.41, 5.74) is 1.52. The second-order valence-electron chi connectivity index (χ2n) is 3.88. The van der Waals surface area contributed by atoms with Gasteiger partial charge in [0.15, 0.2) is 5.78 Å². The summed E-state index contributed by atoms with van der Waals surface area (Å²) in [6, 6.07) is 0. The van der Waals surface area contributed by atoms with E-state index >= 15 is 0 Å². The third-order valence-electron chi connectivity index (χ3n) is 2.72. The molecule has 1 aliphatic heterocycles. The second kappa shape index (κ2) is 5.17. The first-order valence-electron chi connectivity index (χ1n) is 5.31. The highest BCUT2D eigenvalue weighted by molar-refractivity contribution is 6.32. The van der Waals surface area contributed by atoms with Crippen LogP contribution in [-0.4, -0.2) is 29.6 Å². The van der Waals surface area contributed by atoms with Crippen LogP contribution in [0.15, 0.2) is 35.5 Å². The Labute approximate surface area is 105 Å².